The predicted molar refractivity (Wildman–Crippen MR) is 80.4 cm³/mol. The maximum atomic E-state index is 10.8. The molecule has 118 valence electrons. The van der Waals surface area contributed by atoms with Crippen molar-refractivity contribution in [3.8, 4) is 0 Å². The number of esters is 1. The van der Waals surface area contributed by atoms with Crippen molar-refractivity contribution in [1.82, 2.24) is 0 Å². The van der Waals surface area contributed by atoms with Crippen molar-refractivity contribution in [1.29, 1.82) is 0 Å². The molecule has 0 heterocycles. The van der Waals surface area contributed by atoms with E-state index in [1.165, 1.54) is 6.08 Å². The Morgan fingerprint density at radius 1 is 0.950 bits per heavy atom. The second-order valence-electron chi connectivity index (χ2n) is 4.54. The Hall–Kier alpha value is -0.693. The van der Waals surface area contributed by atoms with E-state index in [2.05, 4.69) is 6.58 Å². The van der Waals surface area contributed by atoms with E-state index in [9.17, 15) is 4.79 Å². The van der Waals surface area contributed by atoms with Crippen LogP contribution in [0.15, 0.2) is 12.7 Å². The first-order valence-electron chi connectivity index (χ1n) is 7.08. The SMILES string of the molecule is C=CC(=O)OCCCCCCCC[Si](OC)(OC)OC. The molecule has 0 amide bonds. The van der Waals surface area contributed by atoms with E-state index in [4.69, 9.17) is 18.0 Å². The third-order valence-electron chi connectivity index (χ3n) is 3.22. The molecule has 0 bridgehead atoms. The number of carbonyl (C=O) groups is 1. The van der Waals surface area contributed by atoms with Gasteiger partial charge in [-0.05, 0) is 12.8 Å². The standard InChI is InChI=1S/C14H28O5Si/c1-5-14(15)19-12-10-8-6-7-9-11-13-20(16-2,17-3)18-4/h5H,1,6-13H2,2-4H3. The molecule has 0 saturated carbocycles. The van der Waals surface area contributed by atoms with Crippen LogP contribution in [-0.4, -0.2) is 42.7 Å². The highest BCUT2D eigenvalue weighted by Crippen LogP contribution is 2.18. The zero-order valence-corrected chi connectivity index (χ0v) is 14.0. The van der Waals surface area contributed by atoms with Gasteiger partial charge in [-0.1, -0.05) is 32.3 Å². The zero-order chi connectivity index (χ0) is 15.3. The lowest BCUT2D eigenvalue weighted by Crippen LogP contribution is -2.42. The van der Waals surface area contributed by atoms with E-state index in [0.29, 0.717) is 6.61 Å². The van der Waals surface area contributed by atoms with Crippen molar-refractivity contribution in [3.05, 3.63) is 12.7 Å². The lowest BCUT2D eigenvalue weighted by Gasteiger charge is -2.24. The molecule has 0 radical (unpaired) electrons. The third kappa shape index (κ3) is 8.47. The van der Waals surface area contributed by atoms with Gasteiger partial charge >= 0.3 is 14.8 Å². The molecule has 0 spiro atoms. The Bertz CT molecular complexity index is 258. The number of ether oxygens (including phenoxy) is 1. The van der Waals surface area contributed by atoms with Gasteiger partial charge in [-0.25, -0.2) is 4.79 Å². The minimum atomic E-state index is -2.38. The Balaban J connectivity index is 3.44. The summed E-state index contributed by atoms with van der Waals surface area (Å²) in [6.07, 6.45) is 7.67. The van der Waals surface area contributed by atoms with Gasteiger partial charge in [0.05, 0.1) is 6.61 Å². The summed E-state index contributed by atoms with van der Waals surface area (Å²) in [5, 5.41) is 0. The quantitative estimate of drug-likeness (QED) is 0.227. The highest BCUT2D eigenvalue weighted by Gasteiger charge is 2.36. The van der Waals surface area contributed by atoms with Gasteiger partial charge < -0.3 is 18.0 Å². The smallest absolute Gasteiger partial charge is 0.463 e. The molecule has 0 atom stereocenters. The summed E-state index contributed by atoms with van der Waals surface area (Å²) in [6.45, 7) is 3.83. The second kappa shape index (κ2) is 12.1. The molecule has 0 aliphatic carbocycles. The topological polar surface area (TPSA) is 54.0 Å². The molecular formula is C14H28O5Si. The van der Waals surface area contributed by atoms with Crippen LogP contribution >= 0.6 is 0 Å². The van der Waals surface area contributed by atoms with Gasteiger partial charge in [0, 0.05) is 33.4 Å². The monoisotopic (exact) mass is 304 g/mol. The normalized spacial score (nSPS) is 11.3. The number of hydrogen-bond donors (Lipinski definition) is 0. The van der Waals surface area contributed by atoms with Crippen molar-refractivity contribution >= 4 is 14.8 Å². The van der Waals surface area contributed by atoms with E-state index in [0.717, 1.165) is 44.6 Å². The molecule has 5 nitrogen and oxygen atoms in total. The zero-order valence-electron chi connectivity index (χ0n) is 13.0. The molecule has 0 unspecified atom stereocenters. The lowest BCUT2D eigenvalue weighted by atomic mass is 10.1. The van der Waals surface area contributed by atoms with Gasteiger partial charge in [-0.2, -0.15) is 0 Å². The summed E-state index contributed by atoms with van der Waals surface area (Å²) >= 11 is 0. The van der Waals surface area contributed by atoms with Crippen LogP contribution in [0.2, 0.25) is 6.04 Å². The fourth-order valence-electron chi connectivity index (χ4n) is 1.94. The lowest BCUT2D eigenvalue weighted by molar-refractivity contribution is -0.137. The van der Waals surface area contributed by atoms with Crippen LogP contribution in [0.3, 0.4) is 0 Å². The average molecular weight is 304 g/mol. The highest BCUT2D eigenvalue weighted by molar-refractivity contribution is 6.60. The molecule has 0 aromatic rings. The minimum Gasteiger partial charge on any atom is -0.463 e. The number of rotatable bonds is 13. The fourth-order valence-corrected chi connectivity index (χ4v) is 3.73. The van der Waals surface area contributed by atoms with Crippen LogP contribution in [0.5, 0.6) is 0 Å². The molecular weight excluding hydrogens is 276 g/mol. The van der Waals surface area contributed by atoms with Crippen molar-refractivity contribution in [2.75, 3.05) is 27.9 Å². The van der Waals surface area contributed by atoms with Crippen LogP contribution in [0, 0.1) is 0 Å². The van der Waals surface area contributed by atoms with Gasteiger partial charge in [-0.15, -0.1) is 0 Å². The maximum absolute atomic E-state index is 10.8. The maximum Gasteiger partial charge on any atom is 0.500 e. The van der Waals surface area contributed by atoms with Gasteiger partial charge in [0.15, 0.2) is 0 Å². The summed E-state index contributed by atoms with van der Waals surface area (Å²) in [4.78, 5) is 10.8. The minimum absolute atomic E-state index is 0.343. The largest absolute Gasteiger partial charge is 0.500 e. The molecule has 0 fully saturated rings. The van der Waals surface area contributed by atoms with E-state index in [-0.39, 0.29) is 5.97 Å². The number of unbranched alkanes of at least 4 members (excludes halogenated alkanes) is 5. The second-order valence-corrected chi connectivity index (χ2v) is 7.63. The Morgan fingerprint density at radius 2 is 1.45 bits per heavy atom. The first kappa shape index (κ1) is 19.3. The average Bonchev–Trinajstić information content (AvgIpc) is 2.49. The molecule has 0 rings (SSSR count). The van der Waals surface area contributed by atoms with Crippen LogP contribution in [-0.2, 0) is 22.8 Å². The van der Waals surface area contributed by atoms with E-state index >= 15 is 0 Å². The van der Waals surface area contributed by atoms with Crippen LogP contribution < -0.4 is 0 Å². The molecule has 0 aromatic heterocycles. The first-order chi connectivity index (χ1) is 9.64. The molecule has 0 aliphatic rings. The van der Waals surface area contributed by atoms with Crippen molar-refractivity contribution in [2.24, 2.45) is 0 Å². The first-order valence-corrected chi connectivity index (χ1v) is 9.02. The molecule has 6 heteroatoms. The molecule has 20 heavy (non-hydrogen) atoms. The third-order valence-corrected chi connectivity index (χ3v) is 6.05. The van der Waals surface area contributed by atoms with Gasteiger partial charge in [-0.3, -0.25) is 0 Å². The predicted octanol–water partition coefficient (Wildman–Crippen LogP) is 2.93. The van der Waals surface area contributed by atoms with Gasteiger partial charge in [0.1, 0.15) is 0 Å². The Labute approximate surface area is 123 Å². The van der Waals surface area contributed by atoms with E-state index in [1.807, 2.05) is 0 Å². The summed E-state index contributed by atoms with van der Waals surface area (Å²) in [5.74, 6) is -0.343. The summed E-state index contributed by atoms with van der Waals surface area (Å²) in [5.41, 5.74) is 0. The van der Waals surface area contributed by atoms with Gasteiger partial charge in [0.2, 0.25) is 0 Å². The summed E-state index contributed by atoms with van der Waals surface area (Å²) < 4.78 is 21.0. The van der Waals surface area contributed by atoms with Crippen LogP contribution in [0.1, 0.15) is 38.5 Å². The Morgan fingerprint density at radius 3 is 1.95 bits per heavy atom. The van der Waals surface area contributed by atoms with E-state index < -0.39 is 8.80 Å². The van der Waals surface area contributed by atoms with Crippen molar-refractivity contribution in [2.45, 2.75) is 44.6 Å². The Kier molecular flexibility index (Phi) is 11.7. The van der Waals surface area contributed by atoms with Crippen LogP contribution in [0.25, 0.3) is 0 Å². The molecule has 0 saturated heterocycles. The van der Waals surface area contributed by atoms with Crippen molar-refractivity contribution < 1.29 is 22.8 Å². The summed E-state index contributed by atoms with van der Waals surface area (Å²) in [6, 6.07) is 0.855. The molecule has 0 aliphatic heterocycles. The number of hydrogen-bond acceptors (Lipinski definition) is 5. The van der Waals surface area contributed by atoms with Crippen LogP contribution in [0.4, 0.5) is 0 Å². The molecule has 0 N–H and O–H groups in total. The van der Waals surface area contributed by atoms with Gasteiger partial charge in [0.25, 0.3) is 0 Å². The van der Waals surface area contributed by atoms with Crippen molar-refractivity contribution in [3.63, 3.8) is 0 Å². The highest BCUT2D eigenvalue weighted by atomic mass is 28.4. The summed E-state index contributed by atoms with van der Waals surface area (Å²) in [7, 11) is 2.55. The molecule has 0 aromatic carbocycles. The number of carbonyl (C=O) groups excluding carboxylic acids is 1. The van der Waals surface area contributed by atoms with E-state index in [1.54, 1.807) is 21.3 Å². The fraction of sp³-hybridized carbons (Fsp3) is 0.786.